The molecule has 8 nitrogen and oxygen atoms in total. The highest BCUT2D eigenvalue weighted by Gasteiger charge is 2.34. The van der Waals surface area contributed by atoms with Crippen molar-refractivity contribution in [1.29, 1.82) is 0 Å². The van der Waals surface area contributed by atoms with Crippen molar-refractivity contribution in [3.8, 4) is 11.5 Å². The van der Waals surface area contributed by atoms with Crippen LogP contribution in [0.3, 0.4) is 0 Å². The van der Waals surface area contributed by atoms with Crippen LogP contribution in [0.25, 0.3) is 11.5 Å². The third-order valence-corrected chi connectivity index (χ3v) is 4.88. The van der Waals surface area contributed by atoms with Gasteiger partial charge in [0.25, 0.3) is 0 Å². The van der Waals surface area contributed by atoms with Gasteiger partial charge in [0.05, 0.1) is 6.10 Å². The average Bonchev–Trinajstić information content (AvgIpc) is 2.78. The maximum atomic E-state index is 13.1. The summed E-state index contributed by atoms with van der Waals surface area (Å²) in [5.74, 6) is -0.391. The summed E-state index contributed by atoms with van der Waals surface area (Å²) in [5, 5.41) is 12.6. The highest BCUT2D eigenvalue weighted by Crippen LogP contribution is 2.31. The van der Waals surface area contributed by atoms with E-state index in [4.69, 9.17) is 0 Å². The van der Waals surface area contributed by atoms with E-state index in [1.165, 1.54) is 12.1 Å². The second kappa shape index (κ2) is 9.00. The molecule has 0 saturated carbocycles. The minimum Gasteiger partial charge on any atom is -0.391 e. The van der Waals surface area contributed by atoms with E-state index in [1.54, 1.807) is 4.90 Å². The van der Waals surface area contributed by atoms with Gasteiger partial charge in [0.2, 0.25) is 11.9 Å². The van der Waals surface area contributed by atoms with Gasteiger partial charge < -0.3 is 15.3 Å². The number of β-amino-alcohol motifs (C(OH)–C–C–N with tert-alkyl or cyclic N) is 1. The van der Waals surface area contributed by atoms with Crippen LogP contribution in [0.5, 0.6) is 0 Å². The summed E-state index contributed by atoms with van der Waals surface area (Å²) in [4.78, 5) is 21.0. The van der Waals surface area contributed by atoms with Crippen LogP contribution in [-0.4, -0.2) is 49.2 Å². The predicted molar refractivity (Wildman–Crippen MR) is 108 cm³/mol. The van der Waals surface area contributed by atoms with Gasteiger partial charge in [0, 0.05) is 25.0 Å². The number of aliphatic hydroxyl groups excluding tert-OH is 1. The third-order valence-electron chi connectivity index (χ3n) is 4.88. The molecule has 34 heavy (non-hydrogen) atoms. The van der Waals surface area contributed by atoms with Crippen molar-refractivity contribution in [2.45, 2.75) is 31.3 Å². The van der Waals surface area contributed by atoms with Crippen molar-refractivity contribution >= 4 is 17.6 Å². The van der Waals surface area contributed by atoms with E-state index in [-0.39, 0.29) is 35.6 Å². The number of nitrogens with one attached hydrogen (secondary N) is 1. The Hall–Kier alpha value is -3.55. The van der Waals surface area contributed by atoms with Crippen LogP contribution in [0.2, 0.25) is 0 Å². The Labute approximate surface area is 188 Å². The number of hydrogen-bond acceptors (Lipinski definition) is 8. The second-order valence-corrected chi connectivity index (χ2v) is 7.48. The molecule has 0 bridgehead atoms. The molecule has 0 spiro atoms. The van der Waals surface area contributed by atoms with Gasteiger partial charge in [-0.2, -0.15) is 41.3 Å². The molecule has 0 amide bonds. The largest absolute Gasteiger partial charge is 0.433 e. The molecule has 1 aliphatic heterocycles. The molecule has 0 aliphatic carbocycles. The van der Waals surface area contributed by atoms with Gasteiger partial charge >= 0.3 is 12.4 Å². The molecule has 1 aliphatic rings. The number of pyridine rings is 2. The fourth-order valence-electron chi connectivity index (χ4n) is 3.32. The number of hydrogen-bond donors (Lipinski definition) is 2. The highest BCUT2D eigenvalue weighted by atomic mass is 19.4. The minimum absolute atomic E-state index is 0.0376. The molecule has 3 aromatic rings. The van der Waals surface area contributed by atoms with Crippen LogP contribution in [0.4, 0.5) is 43.9 Å². The number of nitrogens with zero attached hydrogens (tertiary/aromatic N) is 6. The van der Waals surface area contributed by atoms with Crippen molar-refractivity contribution in [2.75, 3.05) is 23.3 Å². The molecular weight excluding hydrogens is 468 g/mol. The molecule has 0 aromatic carbocycles. The number of piperidine rings is 1. The maximum Gasteiger partial charge on any atom is 0.433 e. The fraction of sp³-hybridized carbons (Fsp3) is 0.350. The molecule has 0 unspecified atom stereocenters. The quantitative estimate of drug-likeness (QED) is 0.534. The lowest BCUT2D eigenvalue weighted by Gasteiger charge is -2.30. The van der Waals surface area contributed by atoms with Gasteiger partial charge in [-0.3, -0.25) is 4.98 Å². The molecular formula is C20H17F6N7O. The van der Waals surface area contributed by atoms with Gasteiger partial charge in [-0.15, -0.1) is 0 Å². The lowest BCUT2D eigenvalue weighted by Crippen LogP contribution is -2.39. The first-order valence-corrected chi connectivity index (χ1v) is 10.0. The molecule has 4 heterocycles. The number of anilines is 3. The Kier molecular flexibility index (Phi) is 6.25. The summed E-state index contributed by atoms with van der Waals surface area (Å²) in [7, 11) is 0. The van der Waals surface area contributed by atoms with Crippen molar-refractivity contribution in [2.24, 2.45) is 0 Å². The molecule has 0 radical (unpaired) electrons. The van der Waals surface area contributed by atoms with E-state index in [2.05, 4.69) is 30.2 Å². The SMILES string of the molecule is O[C@H]1CCCN(c2nc(Nc3ccnc(C(F)(F)F)c3)nc(-c3cccc(C(F)(F)F)n3)n2)C1. The standard InChI is InChI=1S/C20H17F6N7O/c21-19(22,23)14-5-1-4-13(29-14)16-30-17(28-11-6-7-27-15(9-11)20(24,25)26)32-18(31-16)33-8-2-3-12(34)10-33/h1,4-7,9,12,34H,2-3,8,10H2,(H,27,28,30,31,32)/t12-/m0/s1. The van der Waals surface area contributed by atoms with E-state index >= 15 is 0 Å². The molecule has 1 atom stereocenters. The molecule has 180 valence electrons. The van der Waals surface area contributed by atoms with E-state index in [0.717, 1.165) is 24.4 Å². The first-order chi connectivity index (χ1) is 16.0. The van der Waals surface area contributed by atoms with E-state index < -0.39 is 29.8 Å². The van der Waals surface area contributed by atoms with Crippen molar-refractivity contribution in [3.63, 3.8) is 0 Å². The minimum atomic E-state index is -4.70. The lowest BCUT2D eigenvalue weighted by molar-refractivity contribution is -0.141. The van der Waals surface area contributed by atoms with Crippen LogP contribution in [0.1, 0.15) is 24.2 Å². The van der Waals surface area contributed by atoms with Gasteiger partial charge in [0.15, 0.2) is 5.82 Å². The Morgan fingerprint density at radius 2 is 1.71 bits per heavy atom. The summed E-state index contributed by atoms with van der Waals surface area (Å²) in [6.45, 7) is 0.635. The smallest absolute Gasteiger partial charge is 0.391 e. The highest BCUT2D eigenvalue weighted by molar-refractivity contribution is 5.59. The van der Waals surface area contributed by atoms with Gasteiger partial charge in [0.1, 0.15) is 17.1 Å². The maximum absolute atomic E-state index is 13.1. The summed E-state index contributed by atoms with van der Waals surface area (Å²) >= 11 is 0. The Bertz CT molecular complexity index is 1170. The first-order valence-electron chi connectivity index (χ1n) is 10.0. The van der Waals surface area contributed by atoms with Crippen LogP contribution < -0.4 is 10.2 Å². The van der Waals surface area contributed by atoms with E-state index in [1.807, 2.05) is 0 Å². The predicted octanol–water partition coefficient (Wildman–Crippen LogP) is 4.07. The zero-order valence-electron chi connectivity index (χ0n) is 17.3. The van der Waals surface area contributed by atoms with Crippen LogP contribution in [-0.2, 0) is 12.4 Å². The normalized spacial score (nSPS) is 17.0. The number of halogens is 6. The van der Waals surface area contributed by atoms with Crippen LogP contribution in [0, 0.1) is 0 Å². The number of alkyl halides is 6. The van der Waals surface area contributed by atoms with Gasteiger partial charge in [-0.1, -0.05) is 6.07 Å². The summed E-state index contributed by atoms with van der Waals surface area (Å²) in [6, 6.07) is 5.21. The van der Waals surface area contributed by atoms with Crippen molar-refractivity contribution in [3.05, 3.63) is 47.9 Å². The number of rotatable bonds is 4. The lowest BCUT2D eigenvalue weighted by atomic mass is 10.1. The number of aliphatic hydroxyl groups is 1. The van der Waals surface area contributed by atoms with Crippen molar-refractivity contribution in [1.82, 2.24) is 24.9 Å². The number of aromatic nitrogens is 5. The molecule has 1 fully saturated rings. The molecule has 2 N–H and O–H groups in total. The Morgan fingerprint density at radius 3 is 2.41 bits per heavy atom. The van der Waals surface area contributed by atoms with Gasteiger partial charge in [-0.25, -0.2) is 4.98 Å². The molecule has 1 saturated heterocycles. The summed E-state index contributed by atoms with van der Waals surface area (Å²) < 4.78 is 78.4. The van der Waals surface area contributed by atoms with Crippen molar-refractivity contribution < 1.29 is 31.4 Å². The third kappa shape index (κ3) is 5.50. The molecule has 14 heteroatoms. The first kappa shape index (κ1) is 23.6. The fourth-order valence-corrected chi connectivity index (χ4v) is 3.32. The van der Waals surface area contributed by atoms with Gasteiger partial charge in [-0.05, 0) is 37.1 Å². The summed E-state index contributed by atoms with van der Waals surface area (Å²) in [6.07, 6.45) is -7.92. The van der Waals surface area contributed by atoms with E-state index in [0.29, 0.717) is 19.4 Å². The topological polar surface area (TPSA) is 100.0 Å². The monoisotopic (exact) mass is 485 g/mol. The zero-order chi connectivity index (χ0) is 24.5. The Morgan fingerprint density at radius 1 is 0.941 bits per heavy atom. The Balaban J connectivity index is 1.75. The van der Waals surface area contributed by atoms with Crippen LogP contribution >= 0.6 is 0 Å². The van der Waals surface area contributed by atoms with E-state index in [9.17, 15) is 31.4 Å². The average molecular weight is 485 g/mol. The molecule has 4 rings (SSSR count). The molecule has 3 aromatic heterocycles. The second-order valence-electron chi connectivity index (χ2n) is 7.48. The summed E-state index contributed by atoms with van der Waals surface area (Å²) in [5.41, 5.74) is -2.55. The zero-order valence-corrected chi connectivity index (χ0v) is 17.3. The van der Waals surface area contributed by atoms with Crippen LogP contribution in [0.15, 0.2) is 36.5 Å².